The number of rotatable bonds is 4. The van der Waals surface area contributed by atoms with Crippen molar-refractivity contribution in [3.63, 3.8) is 0 Å². The maximum absolute atomic E-state index is 12.7. The summed E-state index contributed by atoms with van der Waals surface area (Å²) in [5.41, 5.74) is 6.88. The molecule has 1 fully saturated rings. The zero-order valence-electron chi connectivity index (χ0n) is 12.3. The molecule has 1 unspecified atom stereocenters. The lowest BCUT2D eigenvalue weighted by atomic mass is 10.1. The Morgan fingerprint density at radius 2 is 2.15 bits per heavy atom. The Kier molecular flexibility index (Phi) is 4.36. The summed E-state index contributed by atoms with van der Waals surface area (Å²) in [6, 6.07) is 5.19. The van der Waals surface area contributed by atoms with Crippen LogP contribution in [0.15, 0.2) is 23.1 Å². The quantitative estimate of drug-likeness (QED) is 0.847. The molecule has 1 aliphatic rings. The van der Waals surface area contributed by atoms with Crippen LogP contribution in [0.1, 0.15) is 12.0 Å². The van der Waals surface area contributed by atoms with Gasteiger partial charge in [-0.25, -0.2) is 12.7 Å². The average Bonchev–Trinajstić information content (AvgIpc) is 2.74. The van der Waals surface area contributed by atoms with Gasteiger partial charge in [0.05, 0.1) is 5.69 Å². The molecule has 0 aliphatic carbocycles. The first kappa shape index (κ1) is 15.3. The van der Waals surface area contributed by atoms with Gasteiger partial charge in [-0.15, -0.1) is 0 Å². The molecule has 2 N–H and O–H groups in total. The van der Waals surface area contributed by atoms with E-state index in [4.69, 9.17) is 5.73 Å². The Morgan fingerprint density at radius 3 is 2.70 bits per heavy atom. The molecule has 20 heavy (non-hydrogen) atoms. The Labute approximate surface area is 121 Å². The number of sulfonamides is 1. The second kappa shape index (κ2) is 5.71. The van der Waals surface area contributed by atoms with Gasteiger partial charge in [0.15, 0.2) is 0 Å². The predicted octanol–water partition coefficient (Wildman–Crippen LogP) is 1.15. The molecule has 0 amide bonds. The van der Waals surface area contributed by atoms with Crippen molar-refractivity contribution in [3.05, 3.63) is 23.8 Å². The molecule has 1 saturated heterocycles. The Morgan fingerprint density at radius 1 is 1.45 bits per heavy atom. The highest BCUT2D eigenvalue weighted by atomic mass is 32.2. The van der Waals surface area contributed by atoms with Crippen molar-refractivity contribution in [2.45, 2.75) is 18.2 Å². The highest BCUT2D eigenvalue weighted by Crippen LogP contribution is 2.26. The number of benzene rings is 1. The number of likely N-dealkylation sites (tertiary alicyclic amines) is 1. The fraction of sp³-hybridized carbons (Fsp3) is 0.571. The van der Waals surface area contributed by atoms with Gasteiger partial charge >= 0.3 is 0 Å². The second-order valence-corrected chi connectivity index (χ2v) is 7.68. The van der Waals surface area contributed by atoms with Crippen molar-refractivity contribution >= 4 is 15.7 Å². The van der Waals surface area contributed by atoms with E-state index in [9.17, 15) is 8.42 Å². The van der Waals surface area contributed by atoms with E-state index < -0.39 is 10.0 Å². The van der Waals surface area contributed by atoms with Crippen LogP contribution in [0.25, 0.3) is 0 Å². The van der Waals surface area contributed by atoms with Gasteiger partial charge in [-0.05, 0) is 44.5 Å². The Balaban J connectivity index is 2.21. The topological polar surface area (TPSA) is 66.6 Å². The summed E-state index contributed by atoms with van der Waals surface area (Å²) in [4.78, 5) is 2.47. The van der Waals surface area contributed by atoms with Gasteiger partial charge in [0.2, 0.25) is 10.0 Å². The molecule has 1 atom stereocenters. The van der Waals surface area contributed by atoms with E-state index in [2.05, 4.69) is 11.9 Å². The highest BCUT2D eigenvalue weighted by Gasteiger charge is 2.29. The summed E-state index contributed by atoms with van der Waals surface area (Å²) in [5, 5.41) is 0. The molecular formula is C14H23N3O2S. The standard InChI is InChI=1S/C14H23N3O2S/c1-11-5-4-6-13(15)14(11)20(18,19)17(3)10-12-7-8-16(2)9-12/h4-6,12H,7-10,15H2,1-3H3. The molecular weight excluding hydrogens is 274 g/mol. The lowest BCUT2D eigenvalue weighted by Gasteiger charge is -2.22. The number of nitrogens with two attached hydrogens (primary N) is 1. The molecule has 5 nitrogen and oxygen atoms in total. The average molecular weight is 297 g/mol. The molecule has 1 heterocycles. The first-order chi connectivity index (χ1) is 9.32. The summed E-state index contributed by atoms with van der Waals surface area (Å²) in [5.74, 6) is 0.394. The third-order valence-electron chi connectivity index (χ3n) is 3.91. The summed E-state index contributed by atoms with van der Waals surface area (Å²) >= 11 is 0. The normalized spacial score (nSPS) is 20.7. The molecule has 0 saturated carbocycles. The van der Waals surface area contributed by atoms with Crippen molar-refractivity contribution in [1.29, 1.82) is 0 Å². The van der Waals surface area contributed by atoms with Crippen molar-refractivity contribution in [2.24, 2.45) is 5.92 Å². The SMILES string of the molecule is Cc1cccc(N)c1S(=O)(=O)N(C)CC1CCN(C)C1. The number of nitrogens with zero attached hydrogens (tertiary/aromatic N) is 2. The van der Waals surface area contributed by atoms with E-state index in [1.807, 2.05) is 0 Å². The first-order valence-electron chi connectivity index (χ1n) is 6.82. The fourth-order valence-corrected chi connectivity index (χ4v) is 4.38. The van der Waals surface area contributed by atoms with Gasteiger partial charge in [-0.1, -0.05) is 12.1 Å². The van der Waals surface area contributed by atoms with Crippen molar-refractivity contribution in [1.82, 2.24) is 9.21 Å². The van der Waals surface area contributed by atoms with Crippen LogP contribution in [-0.2, 0) is 10.0 Å². The molecule has 1 aromatic carbocycles. The van der Waals surface area contributed by atoms with Gasteiger partial charge in [0.1, 0.15) is 4.90 Å². The smallest absolute Gasteiger partial charge is 0.245 e. The van der Waals surface area contributed by atoms with Crippen LogP contribution in [0, 0.1) is 12.8 Å². The van der Waals surface area contributed by atoms with Crippen LogP contribution < -0.4 is 5.73 Å². The zero-order valence-corrected chi connectivity index (χ0v) is 13.2. The molecule has 0 aromatic heterocycles. The molecule has 1 aromatic rings. The van der Waals surface area contributed by atoms with Crippen molar-refractivity contribution < 1.29 is 8.42 Å². The van der Waals surface area contributed by atoms with E-state index in [1.165, 1.54) is 4.31 Å². The van der Waals surface area contributed by atoms with Gasteiger partial charge in [0, 0.05) is 20.1 Å². The van der Waals surface area contributed by atoms with E-state index in [1.54, 1.807) is 32.2 Å². The fourth-order valence-electron chi connectivity index (χ4n) is 2.82. The number of aryl methyl sites for hydroxylation is 1. The van der Waals surface area contributed by atoms with Crippen LogP contribution in [0.2, 0.25) is 0 Å². The maximum Gasteiger partial charge on any atom is 0.245 e. The molecule has 0 spiro atoms. The van der Waals surface area contributed by atoms with Gasteiger partial charge in [-0.2, -0.15) is 0 Å². The Hall–Kier alpha value is -1.11. The van der Waals surface area contributed by atoms with Crippen LogP contribution in [0.3, 0.4) is 0 Å². The second-order valence-electron chi connectivity index (χ2n) is 5.70. The summed E-state index contributed by atoms with van der Waals surface area (Å²) in [6.07, 6.45) is 1.04. The lowest BCUT2D eigenvalue weighted by molar-refractivity contribution is 0.356. The third kappa shape index (κ3) is 2.97. The predicted molar refractivity (Wildman–Crippen MR) is 81.0 cm³/mol. The molecule has 112 valence electrons. The van der Waals surface area contributed by atoms with Gasteiger partial charge in [0.25, 0.3) is 0 Å². The minimum atomic E-state index is -3.52. The van der Waals surface area contributed by atoms with Crippen LogP contribution in [0.5, 0.6) is 0 Å². The van der Waals surface area contributed by atoms with Crippen molar-refractivity contribution in [2.75, 3.05) is 39.5 Å². The maximum atomic E-state index is 12.7. The Bertz CT molecular complexity index is 566. The molecule has 2 rings (SSSR count). The van der Waals surface area contributed by atoms with E-state index >= 15 is 0 Å². The molecule has 0 bridgehead atoms. The third-order valence-corrected chi connectivity index (χ3v) is 5.96. The lowest BCUT2D eigenvalue weighted by Crippen LogP contribution is -2.33. The summed E-state index contributed by atoms with van der Waals surface area (Å²) in [6.45, 7) is 4.30. The van der Waals surface area contributed by atoms with Crippen LogP contribution >= 0.6 is 0 Å². The zero-order chi connectivity index (χ0) is 14.9. The molecule has 0 radical (unpaired) electrons. The largest absolute Gasteiger partial charge is 0.398 e. The van der Waals surface area contributed by atoms with Crippen LogP contribution in [-0.4, -0.2) is 51.4 Å². The van der Waals surface area contributed by atoms with Crippen LogP contribution in [0.4, 0.5) is 5.69 Å². The first-order valence-corrected chi connectivity index (χ1v) is 8.26. The number of anilines is 1. The highest BCUT2D eigenvalue weighted by molar-refractivity contribution is 7.89. The number of hydrogen-bond donors (Lipinski definition) is 1. The van der Waals surface area contributed by atoms with E-state index in [0.717, 1.165) is 19.5 Å². The monoisotopic (exact) mass is 297 g/mol. The number of nitrogen functional groups attached to an aromatic ring is 1. The number of hydrogen-bond acceptors (Lipinski definition) is 4. The van der Waals surface area contributed by atoms with Gasteiger partial charge in [-0.3, -0.25) is 0 Å². The van der Waals surface area contributed by atoms with Gasteiger partial charge < -0.3 is 10.6 Å². The summed E-state index contributed by atoms with van der Waals surface area (Å²) in [7, 11) is 0.186. The van der Waals surface area contributed by atoms with E-state index in [0.29, 0.717) is 23.7 Å². The minimum Gasteiger partial charge on any atom is -0.398 e. The molecule has 1 aliphatic heterocycles. The summed E-state index contributed by atoms with van der Waals surface area (Å²) < 4.78 is 26.8. The van der Waals surface area contributed by atoms with E-state index in [-0.39, 0.29) is 4.90 Å². The van der Waals surface area contributed by atoms with Crippen molar-refractivity contribution in [3.8, 4) is 0 Å². The molecule has 6 heteroatoms. The minimum absolute atomic E-state index is 0.244.